The molecule has 2 rings (SSSR count). The minimum Gasteiger partial charge on any atom is -0.506 e. The van der Waals surface area contributed by atoms with Gasteiger partial charge in [0.25, 0.3) is 0 Å². The van der Waals surface area contributed by atoms with Crippen molar-refractivity contribution in [2.75, 3.05) is 20.8 Å². The molecule has 0 saturated carbocycles. The summed E-state index contributed by atoms with van der Waals surface area (Å²) in [5.74, 6) is -0.445. The molecule has 0 aromatic carbocycles. The van der Waals surface area contributed by atoms with Gasteiger partial charge < -0.3 is 19.3 Å². The summed E-state index contributed by atoms with van der Waals surface area (Å²) in [5.41, 5.74) is 0.313. The van der Waals surface area contributed by atoms with E-state index in [1.165, 1.54) is 26.5 Å². The molecule has 0 radical (unpaired) electrons. The zero-order valence-electron chi connectivity index (χ0n) is 11.3. The van der Waals surface area contributed by atoms with Gasteiger partial charge in [0.1, 0.15) is 16.8 Å². The Hall–Kier alpha value is -2.57. The highest BCUT2D eigenvalue weighted by Gasteiger charge is 2.19. The molecule has 0 atom stereocenters. The molecule has 7 nitrogen and oxygen atoms in total. The Morgan fingerprint density at radius 1 is 1.35 bits per heavy atom. The van der Waals surface area contributed by atoms with Crippen molar-refractivity contribution in [3.8, 4) is 17.5 Å². The number of hydrogen-bond acceptors (Lipinski definition) is 7. The first-order chi connectivity index (χ1) is 9.62. The number of methoxy groups -OCH3 is 2. The van der Waals surface area contributed by atoms with Crippen molar-refractivity contribution in [3.63, 3.8) is 0 Å². The minimum absolute atomic E-state index is 0.0188. The Morgan fingerprint density at radius 2 is 2.10 bits per heavy atom. The molecule has 0 unspecified atom stereocenters. The number of aromatic hydroxyl groups is 1. The van der Waals surface area contributed by atoms with Crippen molar-refractivity contribution in [2.24, 2.45) is 0 Å². The lowest BCUT2D eigenvalue weighted by Crippen LogP contribution is -2.06. The van der Waals surface area contributed by atoms with Crippen LogP contribution in [0.3, 0.4) is 0 Å². The van der Waals surface area contributed by atoms with Crippen molar-refractivity contribution in [1.29, 1.82) is 0 Å². The van der Waals surface area contributed by atoms with Crippen LogP contribution < -0.4 is 9.47 Å². The molecule has 2 aromatic heterocycles. The molecular formula is C13H14N2O5. The molecule has 0 aliphatic heterocycles. The normalized spacial score (nSPS) is 10.3. The van der Waals surface area contributed by atoms with E-state index in [1.54, 1.807) is 6.92 Å². The summed E-state index contributed by atoms with van der Waals surface area (Å²) in [7, 11) is 2.87. The third kappa shape index (κ3) is 2.29. The number of aromatic nitrogens is 2. The Labute approximate surface area is 115 Å². The van der Waals surface area contributed by atoms with Crippen LogP contribution in [-0.4, -0.2) is 41.9 Å². The van der Waals surface area contributed by atoms with E-state index in [2.05, 4.69) is 9.97 Å². The maximum Gasteiger partial charge on any atom is 0.343 e. The first-order valence-electron chi connectivity index (χ1n) is 5.90. The summed E-state index contributed by atoms with van der Waals surface area (Å²) in [6.45, 7) is 1.89. The van der Waals surface area contributed by atoms with Crippen LogP contribution in [0.4, 0.5) is 0 Å². The van der Waals surface area contributed by atoms with E-state index in [0.717, 1.165) is 0 Å². The number of carbonyl (C=O) groups excluding carboxylic acids is 1. The molecule has 0 amide bonds. The summed E-state index contributed by atoms with van der Waals surface area (Å²) < 4.78 is 15.0. The van der Waals surface area contributed by atoms with Crippen LogP contribution >= 0.6 is 0 Å². The largest absolute Gasteiger partial charge is 0.506 e. The molecule has 20 heavy (non-hydrogen) atoms. The fourth-order valence-corrected chi connectivity index (χ4v) is 1.74. The van der Waals surface area contributed by atoms with Gasteiger partial charge in [0.2, 0.25) is 11.8 Å². The van der Waals surface area contributed by atoms with Crippen LogP contribution in [0.2, 0.25) is 0 Å². The van der Waals surface area contributed by atoms with Gasteiger partial charge in [0.05, 0.1) is 26.2 Å². The van der Waals surface area contributed by atoms with E-state index < -0.39 is 5.97 Å². The monoisotopic (exact) mass is 278 g/mol. The fourth-order valence-electron chi connectivity index (χ4n) is 1.74. The number of esters is 1. The highest BCUT2D eigenvalue weighted by Crippen LogP contribution is 2.34. The second-order valence-electron chi connectivity index (χ2n) is 3.81. The van der Waals surface area contributed by atoms with Gasteiger partial charge in [-0.25, -0.2) is 9.78 Å². The lowest BCUT2D eigenvalue weighted by atomic mass is 10.1. The number of hydrogen-bond donors (Lipinski definition) is 1. The van der Waals surface area contributed by atoms with Crippen LogP contribution in [0.5, 0.6) is 17.5 Å². The Kier molecular flexibility index (Phi) is 3.88. The molecule has 0 bridgehead atoms. The minimum atomic E-state index is -0.644. The zero-order valence-corrected chi connectivity index (χ0v) is 11.3. The van der Waals surface area contributed by atoms with E-state index in [1.807, 2.05) is 0 Å². The summed E-state index contributed by atoms with van der Waals surface area (Å²) >= 11 is 0. The second kappa shape index (κ2) is 5.60. The van der Waals surface area contributed by atoms with Crippen molar-refractivity contribution in [3.05, 3.63) is 17.8 Å². The SMILES string of the molecule is CCOC(=O)c1cnc2c(OC)nc(OC)cc2c1O. The van der Waals surface area contributed by atoms with E-state index in [-0.39, 0.29) is 29.7 Å². The number of pyridine rings is 2. The van der Waals surface area contributed by atoms with Crippen molar-refractivity contribution >= 4 is 16.9 Å². The predicted molar refractivity (Wildman–Crippen MR) is 70.3 cm³/mol. The maximum absolute atomic E-state index is 11.7. The van der Waals surface area contributed by atoms with Gasteiger partial charge in [-0.2, -0.15) is 4.98 Å². The number of ether oxygens (including phenoxy) is 3. The Morgan fingerprint density at radius 3 is 2.70 bits per heavy atom. The molecule has 106 valence electrons. The van der Waals surface area contributed by atoms with E-state index in [0.29, 0.717) is 10.9 Å². The predicted octanol–water partition coefficient (Wildman–Crippen LogP) is 1.53. The highest BCUT2D eigenvalue weighted by atomic mass is 16.5. The lowest BCUT2D eigenvalue weighted by Gasteiger charge is -2.10. The molecule has 2 heterocycles. The molecule has 0 fully saturated rings. The molecule has 1 N–H and O–H groups in total. The molecule has 2 aromatic rings. The van der Waals surface area contributed by atoms with Crippen molar-refractivity contribution < 1.29 is 24.1 Å². The van der Waals surface area contributed by atoms with Crippen LogP contribution in [0.1, 0.15) is 17.3 Å². The molecule has 7 heteroatoms. The Bertz CT molecular complexity index is 657. The van der Waals surface area contributed by atoms with Crippen LogP contribution in [0.15, 0.2) is 12.3 Å². The fraction of sp³-hybridized carbons (Fsp3) is 0.308. The van der Waals surface area contributed by atoms with Gasteiger partial charge >= 0.3 is 5.97 Å². The third-order valence-electron chi connectivity index (χ3n) is 2.67. The quantitative estimate of drug-likeness (QED) is 0.848. The van der Waals surface area contributed by atoms with Crippen LogP contribution in [0.25, 0.3) is 10.9 Å². The number of fused-ring (bicyclic) bond motifs is 1. The molecule has 0 aliphatic carbocycles. The van der Waals surface area contributed by atoms with Gasteiger partial charge in [0, 0.05) is 12.3 Å². The average molecular weight is 278 g/mol. The molecular weight excluding hydrogens is 264 g/mol. The van der Waals surface area contributed by atoms with Gasteiger partial charge in [-0.3, -0.25) is 0 Å². The second-order valence-corrected chi connectivity index (χ2v) is 3.81. The van der Waals surface area contributed by atoms with E-state index >= 15 is 0 Å². The average Bonchev–Trinajstić information content (AvgIpc) is 2.46. The maximum atomic E-state index is 11.7. The smallest absolute Gasteiger partial charge is 0.343 e. The van der Waals surface area contributed by atoms with Crippen LogP contribution in [0, 0.1) is 0 Å². The van der Waals surface area contributed by atoms with Gasteiger partial charge in [-0.05, 0) is 6.92 Å². The van der Waals surface area contributed by atoms with Gasteiger partial charge in [-0.1, -0.05) is 0 Å². The Balaban J connectivity index is 2.68. The van der Waals surface area contributed by atoms with Gasteiger partial charge in [0.15, 0.2) is 0 Å². The van der Waals surface area contributed by atoms with Crippen molar-refractivity contribution in [2.45, 2.75) is 6.92 Å². The first-order valence-corrected chi connectivity index (χ1v) is 5.90. The molecule has 0 spiro atoms. The number of carbonyl (C=O) groups is 1. The number of rotatable bonds is 4. The standard InChI is InChI=1S/C13H14N2O5/c1-4-20-13(17)8-6-14-10-7(11(8)16)5-9(18-2)15-12(10)19-3/h5-6H,4H2,1-3H3,(H,14,16). The summed E-state index contributed by atoms with van der Waals surface area (Å²) in [5, 5.41) is 10.5. The van der Waals surface area contributed by atoms with E-state index in [4.69, 9.17) is 14.2 Å². The molecule has 0 aliphatic rings. The lowest BCUT2D eigenvalue weighted by molar-refractivity contribution is 0.0523. The zero-order chi connectivity index (χ0) is 14.7. The van der Waals surface area contributed by atoms with Crippen molar-refractivity contribution in [1.82, 2.24) is 9.97 Å². The summed E-state index contributed by atoms with van der Waals surface area (Å²) in [6, 6.07) is 1.48. The topological polar surface area (TPSA) is 90.8 Å². The number of nitrogens with zero attached hydrogens (tertiary/aromatic N) is 2. The third-order valence-corrected chi connectivity index (χ3v) is 2.67. The summed E-state index contributed by atoms with van der Waals surface area (Å²) in [4.78, 5) is 19.9. The van der Waals surface area contributed by atoms with Gasteiger partial charge in [-0.15, -0.1) is 0 Å². The van der Waals surface area contributed by atoms with E-state index in [9.17, 15) is 9.90 Å². The summed E-state index contributed by atoms with van der Waals surface area (Å²) in [6.07, 6.45) is 1.23. The van der Waals surface area contributed by atoms with Crippen LogP contribution in [-0.2, 0) is 4.74 Å². The first kappa shape index (κ1) is 13.9. The molecule has 0 saturated heterocycles. The highest BCUT2D eigenvalue weighted by molar-refractivity contribution is 6.00.